The highest BCUT2D eigenvalue weighted by Crippen LogP contribution is 2.19. The largest absolute Gasteiger partial charge is 0.493 e. The zero-order valence-electron chi connectivity index (χ0n) is 15.4. The number of carbonyl (C=O) groups is 1. The average molecular weight is 341 g/mol. The maximum atomic E-state index is 12.4. The molecule has 0 bridgehead atoms. The molecule has 1 N–H and O–H groups in total. The van der Waals surface area contributed by atoms with Crippen molar-refractivity contribution in [3.8, 4) is 11.5 Å². The number of nitrogens with one attached hydrogen (secondary N) is 1. The molecule has 134 valence electrons. The third kappa shape index (κ3) is 6.49. The zero-order valence-corrected chi connectivity index (χ0v) is 15.4. The van der Waals surface area contributed by atoms with Crippen molar-refractivity contribution in [1.82, 2.24) is 0 Å². The number of benzene rings is 2. The molecule has 0 spiro atoms. The summed E-state index contributed by atoms with van der Waals surface area (Å²) in [5, 5.41) is 2.89. The first-order valence-corrected chi connectivity index (χ1v) is 8.71. The lowest BCUT2D eigenvalue weighted by molar-refractivity contribution is 0.102. The second kappa shape index (κ2) is 9.11. The van der Waals surface area contributed by atoms with Crippen molar-refractivity contribution in [3.63, 3.8) is 0 Å². The molecular formula is C21H27NO3. The average Bonchev–Trinajstić information content (AvgIpc) is 2.59. The van der Waals surface area contributed by atoms with Gasteiger partial charge in [-0.25, -0.2) is 0 Å². The number of hydrogen-bond donors (Lipinski definition) is 1. The Balaban J connectivity index is 1.96. The van der Waals surface area contributed by atoms with Crippen molar-refractivity contribution in [3.05, 3.63) is 54.1 Å². The molecule has 0 fully saturated rings. The van der Waals surface area contributed by atoms with Crippen LogP contribution in [0.3, 0.4) is 0 Å². The molecule has 0 aliphatic rings. The second-order valence-electron chi connectivity index (χ2n) is 6.92. The van der Waals surface area contributed by atoms with E-state index in [-0.39, 0.29) is 5.91 Å². The maximum absolute atomic E-state index is 12.4. The van der Waals surface area contributed by atoms with E-state index in [4.69, 9.17) is 9.47 Å². The zero-order chi connectivity index (χ0) is 18.2. The van der Waals surface area contributed by atoms with Gasteiger partial charge < -0.3 is 14.8 Å². The Kier molecular flexibility index (Phi) is 6.87. The Labute approximate surface area is 150 Å². The van der Waals surface area contributed by atoms with Crippen LogP contribution in [-0.4, -0.2) is 19.1 Å². The molecule has 2 aromatic carbocycles. The van der Waals surface area contributed by atoms with Crippen LogP contribution in [0.2, 0.25) is 0 Å². The Morgan fingerprint density at radius 2 is 1.48 bits per heavy atom. The second-order valence-corrected chi connectivity index (χ2v) is 6.92. The fraction of sp³-hybridized carbons (Fsp3) is 0.381. The fourth-order valence-corrected chi connectivity index (χ4v) is 2.09. The topological polar surface area (TPSA) is 47.6 Å². The van der Waals surface area contributed by atoms with Gasteiger partial charge in [0.1, 0.15) is 11.5 Å². The van der Waals surface area contributed by atoms with E-state index in [0.717, 1.165) is 11.4 Å². The van der Waals surface area contributed by atoms with E-state index in [1.165, 1.54) is 0 Å². The molecule has 0 heterocycles. The summed E-state index contributed by atoms with van der Waals surface area (Å²) in [5.41, 5.74) is 1.30. The van der Waals surface area contributed by atoms with Crippen molar-refractivity contribution in [1.29, 1.82) is 0 Å². The minimum Gasteiger partial charge on any atom is -0.493 e. The summed E-state index contributed by atoms with van der Waals surface area (Å²) >= 11 is 0. The van der Waals surface area contributed by atoms with Crippen LogP contribution in [-0.2, 0) is 0 Å². The summed E-state index contributed by atoms with van der Waals surface area (Å²) in [6.07, 6.45) is 0. The summed E-state index contributed by atoms with van der Waals surface area (Å²) in [7, 11) is 0. The molecule has 1 amide bonds. The van der Waals surface area contributed by atoms with Crippen LogP contribution in [0.25, 0.3) is 0 Å². The first-order valence-electron chi connectivity index (χ1n) is 8.71. The van der Waals surface area contributed by atoms with Gasteiger partial charge in [0, 0.05) is 11.3 Å². The molecule has 0 aliphatic carbocycles. The molecule has 4 nitrogen and oxygen atoms in total. The summed E-state index contributed by atoms with van der Waals surface area (Å²) in [5.74, 6) is 2.26. The molecule has 0 unspecified atom stereocenters. The summed E-state index contributed by atoms with van der Waals surface area (Å²) in [4.78, 5) is 12.4. The van der Waals surface area contributed by atoms with Gasteiger partial charge in [-0.05, 0) is 54.3 Å². The quantitative estimate of drug-likeness (QED) is 0.734. The van der Waals surface area contributed by atoms with Gasteiger partial charge in [-0.3, -0.25) is 4.79 Å². The highest BCUT2D eigenvalue weighted by molar-refractivity contribution is 6.04. The van der Waals surface area contributed by atoms with E-state index >= 15 is 0 Å². The lowest BCUT2D eigenvalue weighted by Crippen LogP contribution is -2.12. The SMILES string of the molecule is CC(C)COc1ccc(NC(=O)c2cccc(OCC(C)C)c2)cc1. The Morgan fingerprint density at radius 1 is 0.880 bits per heavy atom. The summed E-state index contributed by atoms with van der Waals surface area (Å²) < 4.78 is 11.3. The van der Waals surface area contributed by atoms with Gasteiger partial charge in [0.25, 0.3) is 5.91 Å². The number of anilines is 1. The number of ether oxygens (including phenoxy) is 2. The highest BCUT2D eigenvalue weighted by Gasteiger charge is 2.08. The Hall–Kier alpha value is -2.49. The molecule has 0 radical (unpaired) electrons. The van der Waals surface area contributed by atoms with E-state index in [9.17, 15) is 4.79 Å². The number of carbonyl (C=O) groups excluding carboxylic acids is 1. The monoisotopic (exact) mass is 341 g/mol. The number of hydrogen-bond acceptors (Lipinski definition) is 3. The van der Waals surface area contributed by atoms with Crippen LogP contribution in [0.4, 0.5) is 5.69 Å². The molecule has 0 aromatic heterocycles. The van der Waals surface area contributed by atoms with Crippen molar-refractivity contribution >= 4 is 11.6 Å². The minimum absolute atomic E-state index is 0.161. The van der Waals surface area contributed by atoms with Crippen LogP contribution in [0.15, 0.2) is 48.5 Å². The molecule has 4 heteroatoms. The fourth-order valence-electron chi connectivity index (χ4n) is 2.09. The van der Waals surface area contributed by atoms with E-state index in [2.05, 4.69) is 33.0 Å². The standard InChI is InChI=1S/C21H27NO3/c1-15(2)13-24-19-10-8-18(9-11-19)22-21(23)17-6-5-7-20(12-17)25-14-16(3)4/h5-12,15-16H,13-14H2,1-4H3,(H,22,23). The van der Waals surface area contributed by atoms with Crippen molar-refractivity contribution in [2.24, 2.45) is 11.8 Å². The van der Waals surface area contributed by atoms with Crippen molar-refractivity contribution in [2.75, 3.05) is 18.5 Å². The van der Waals surface area contributed by atoms with E-state index in [0.29, 0.717) is 36.4 Å². The van der Waals surface area contributed by atoms with Crippen LogP contribution in [0, 0.1) is 11.8 Å². The predicted octanol–water partition coefficient (Wildman–Crippen LogP) is 5.01. The first-order chi connectivity index (χ1) is 11.9. The lowest BCUT2D eigenvalue weighted by atomic mass is 10.2. The third-order valence-corrected chi connectivity index (χ3v) is 3.38. The van der Waals surface area contributed by atoms with E-state index < -0.39 is 0 Å². The van der Waals surface area contributed by atoms with Crippen molar-refractivity contribution < 1.29 is 14.3 Å². The normalized spacial score (nSPS) is 10.8. The predicted molar refractivity (Wildman–Crippen MR) is 102 cm³/mol. The summed E-state index contributed by atoms with van der Waals surface area (Å²) in [6.45, 7) is 9.69. The van der Waals surface area contributed by atoms with E-state index in [1.54, 1.807) is 12.1 Å². The number of rotatable bonds is 8. The molecule has 25 heavy (non-hydrogen) atoms. The van der Waals surface area contributed by atoms with Crippen LogP contribution in [0.1, 0.15) is 38.1 Å². The Bertz CT molecular complexity index is 678. The Morgan fingerprint density at radius 3 is 2.08 bits per heavy atom. The molecule has 0 aliphatic heterocycles. The molecule has 0 atom stereocenters. The van der Waals surface area contributed by atoms with E-state index in [1.807, 2.05) is 36.4 Å². The highest BCUT2D eigenvalue weighted by atomic mass is 16.5. The van der Waals surface area contributed by atoms with Gasteiger partial charge in [0.15, 0.2) is 0 Å². The maximum Gasteiger partial charge on any atom is 0.255 e. The smallest absolute Gasteiger partial charge is 0.255 e. The molecule has 0 saturated heterocycles. The van der Waals surface area contributed by atoms with Crippen molar-refractivity contribution in [2.45, 2.75) is 27.7 Å². The summed E-state index contributed by atoms with van der Waals surface area (Å²) in [6, 6.07) is 14.6. The van der Waals surface area contributed by atoms with Crippen LogP contribution >= 0.6 is 0 Å². The molecular weight excluding hydrogens is 314 g/mol. The third-order valence-electron chi connectivity index (χ3n) is 3.38. The van der Waals surface area contributed by atoms with Gasteiger partial charge in [-0.2, -0.15) is 0 Å². The lowest BCUT2D eigenvalue weighted by Gasteiger charge is -2.11. The molecule has 2 aromatic rings. The van der Waals surface area contributed by atoms with Crippen LogP contribution < -0.4 is 14.8 Å². The van der Waals surface area contributed by atoms with Gasteiger partial charge in [-0.1, -0.05) is 33.8 Å². The van der Waals surface area contributed by atoms with Gasteiger partial charge in [-0.15, -0.1) is 0 Å². The van der Waals surface area contributed by atoms with Crippen LogP contribution in [0.5, 0.6) is 11.5 Å². The number of amides is 1. The van der Waals surface area contributed by atoms with Gasteiger partial charge in [0.2, 0.25) is 0 Å². The first kappa shape index (κ1) is 18.8. The molecule has 2 rings (SSSR count). The minimum atomic E-state index is -0.161. The van der Waals surface area contributed by atoms with Gasteiger partial charge in [0.05, 0.1) is 13.2 Å². The molecule has 0 saturated carbocycles. The van der Waals surface area contributed by atoms with Gasteiger partial charge >= 0.3 is 0 Å².